The fourth-order valence-corrected chi connectivity index (χ4v) is 1.12. The largest absolute Gasteiger partial charge is 0.396 e. The van der Waals surface area contributed by atoms with Crippen molar-refractivity contribution < 1.29 is 0 Å². The number of halogens is 1. The molecule has 0 radical (unpaired) electrons. The molecule has 0 spiro atoms. The number of anilines is 2. The lowest BCUT2D eigenvalue weighted by Gasteiger charge is -2.05. The third kappa shape index (κ3) is 3.26. The minimum atomic E-state index is 0.551. The highest BCUT2D eigenvalue weighted by Crippen LogP contribution is 2.18. The van der Waals surface area contributed by atoms with Crippen molar-refractivity contribution in [3.63, 3.8) is 0 Å². The molecule has 1 heterocycles. The number of allylic oxidation sites excluding steroid dienone is 1. The number of hydrogen-bond acceptors (Lipinski definition) is 3. The molecule has 0 aromatic carbocycles. The second-order valence-electron chi connectivity index (χ2n) is 3.25. The molecule has 0 atom stereocenters. The molecule has 1 aromatic heterocycles. The van der Waals surface area contributed by atoms with Crippen molar-refractivity contribution in [1.82, 2.24) is 4.98 Å². The van der Waals surface area contributed by atoms with Gasteiger partial charge in [0.05, 0.1) is 10.7 Å². The zero-order valence-corrected chi connectivity index (χ0v) is 9.10. The van der Waals surface area contributed by atoms with Gasteiger partial charge in [-0.3, -0.25) is 0 Å². The molecule has 14 heavy (non-hydrogen) atoms. The first-order valence-electron chi connectivity index (χ1n) is 4.38. The molecule has 0 saturated carbocycles. The standard InChI is InChI=1S/C10H14ClN3/c1-7(2)3-4-13-10-9(12)5-8(11)6-14-10/h3,5-6H,4,12H2,1-2H3,(H,13,14). The van der Waals surface area contributed by atoms with Crippen LogP contribution in [0, 0.1) is 0 Å². The SMILES string of the molecule is CC(C)=CCNc1ncc(Cl)cc1N. The van der Waals surface area contributed by atoms with Gasteiger partial charge in [0.15, 0.2) is 0 Å². The van der Waals surface area contributed by atoms with E-state index in [1.54, 1.807) is 12.3 Å². The monoisotopic (exact) mass is 211 g/mol. The molecule has 0 unspecified atom stereocenters. The lowest BCUT2D eigenvalue weighted by atomic mass is 10.3. The van der Waals surface area contributed by atoms with Gasteiger partial charge in [-0.15, -0.1) is 0 Å². The Hall–Kier alpha value is -1.22. The third-order valence-corrected chi connectivity index (χ3v) is 1.87. The van der Waals surface area contributed by atoms with Gasteiger partial charge in [-0.25, -0.2) is 4.98 Å². The maximum atomic E-state index is 5.72. The Morgan fingerprint density at radius 2 is 2.36 bits per heavy atom. The van der Waals surface area contributed by atoms with Crippen molar-refractivity contribution in [1.29, 1.82) is 0 Å². The third-order valence-electron chi connectivity index (χ3n) is 1.66. The molecule has 1 rings (SSSR count). The van der Waals surface area contributed by atoms with Crippen molar-refractivity contribution in [2.45, 2.75) is 13.8 Å². The van der Waals surface area contributed by atoms with Crippen LogP contribution in [0.3, 0.4) is 0 Å². The van der Waals surface area contributed by atoms with E-state index in [1.807, 2.05) is 13.8 Å². The van der Waals surface area contributed by atoms with E-state index in [-0.39, 0.29) is 0 Å². The maximum absolute atomic E-state index is 5.72. The van der Waals surface area contributed by atoms with Crippen molar-refractivity contribution in [3.05, 3.63) is 28.9 Å². The lowest BCUT2D eigenvalue weighted by Crippen LogP contribution is -2.04. The van der Waals surface area contributed by atoms with E-state index in [9.17, 15) is 0 Å². The van der Waals surface area contributed by atoms with Gasteiger partial charge in [0, 0.05) is 12.7 Å². The molecule has 0 saturated heterocycles. The van der Waals surface area contributed by atoms with E-state index in [4.69, 9.17) is 17.3 Å². The summed E-state index contributed by atoms with van der Waals surface area (Å²) in [6.45, 7) is 4.81. The highest BCUT2D eigenvalue weighted by molar-refractivity contribution is 6.30. The second-order valence-corrected chi connectivity index (χ2v) is 3.69. The van der Waals surface area contributed by atoms with E-state index in [0.29, 0.717) is 16.5 Å². The first kappa shape index (κ1) is 10.9. The zero-order valence-electron chi connectivity index (χ0n) is 8.34. The average Bonchev–Trinajstić information content (AvgIpc) is 2.08. The Bertz CT molecular complexity index is 343. The normalized spacial score (nSPS) is 9.64. The zero-order chi connectivity index (χ0) is 10.6. The number of aromatic nitrogens is 1. The van der Waals surface area contributed by atoms with Gasteiger partial charge in [-0.2, -0.15) is 0 Å². The average molecular weight is 212 g/mol. The summed E-state index contributed by atoms with van der Waals surface area (Å²) in [7, 11) is 0. The molecule has 4 heteroatoms. The van der Waals surface area contributed by atoms with Gasteiger partial charge in [-0.05, 0) is 19.9 Å². The van der Waals surface area contributed by atoms with Gasteiger partial charge in [0.1, 0.15) is 5.82 Å². The fraction of sp³-hybridized carbons (Fsp3) is 0.300. The van der Waals surface area contributed by atoms with E-state index < -0.39 is 0 Å². The molecule has 0 aliphatic heterocycles. The molecule has 0 fully saturated rings. The maximum Gasteiger partial charge on any atom is 0.149 e. The van der Waals surface area contributed by atoms with Crippen LogP contribution in [0.1, 0.15) is 13.8 Å². The number of nitrogens with zero attached hydrogens (tertiary/aromatic N) is 1. The van der Waals surface area contributed by atoms with Gasteiger partial charge < -0.3 is 11.1 Å². The molecule has 3 nitrogen and oxygen atoms in total. The highest BCUT2D eigenvalue weighted by atomic mass is 35.5. The summed E-state index contributed by atoms with van der Waals surface area (Å²) in [5, 5.41) is 3.65. The number of rotatable bonds is 3. The van der Waals surface area contributed by atoms with Crippen LogP contribution in [0.2, 0.25) is 5.02 Å². The molecular formula is C10H14ClN3. The van der Waals surface area contributed by atoms with Crippen molar-refractivity contribution in [3.8, 4) is 0 Å². The molecule has 3 N–H and O–H groups in total. The molecule has 0 aliphatic carbocycles. The summed E-state index contributed by atoms with van der Waals surface area (Å²) < 4.78 is 0. The van der Waals surface area contributed by atoms with Crippen LogP contribution in [0.25, 0.3) is 0 Å². The van der Waals surface area contributed by atoms with Crippen LogP contribution in [0.4, 0.5) is 11.5 Å². The number of nitrogen functional groups attached to an aromatic ring is 1. The smallest absolute Gasteiger partial charge is 0.149 e. The molecule has 0 aliphatic rings. The number of nitrogens with two attached hydrogens (primary N) is 1. The summed E-state index contributed by atoms with van der Waals surface area (Å²) >= 11 is 5.72. The van der Waals surface area contributed by atoms with Crippen LogP contribution < -0.4 is 11.1 Å². The Balaban J connectivity index is 2.64. The van der Waals surface area contributed by atoms with E-state index in [1.165, 1.54) is 5.57 Å². The Kier molecular flexibility index (Phi) is 3.77. The van der Waals surface area contributed by atoms with Gasteiger partial charge in [0.2, 0.25) is 0 Å². The lowest BCUT2D eigenvalue weighted by molar-refractivity contribution is 1.21. The summed E-state index contributed by atoms with van der Waals surface area (Å²) in [4.78, 5) is 4.08. The summed E-state index contributed by atoms with van der Waals surface area (Å²) in [5.41, 5.74) is 7.53. The first-order valence-corrected chi connectivity index (χ1v) is 4.75. The van der Waals surface area contributed by atoms with Crippen molar-refractivity contribution in [2.24, 2.45) is 0 Å². The van der Waals surface area contributed by atoms with E-state index >= 15 is 0 Å². The summed E-state index contributed by atoms with van der Waals surface area (Å²) in [5.74, 6) is 0.673. The summed E-state index contributed by atoms with van der Waals surface area (Å²) in [6, 6.07) is 1.68. The second kappa shape index (κ2) is 4.86. The minimum Gasteiger partial charge on any atom is -0.396 e. The fourth-order valence-electron chi connectivity index (χ4n) is 0.954. The Morgan fingerprint density at radius 3 is 2.93 bits per heavy atom. The van der Waals surface area contributed by atoms with Crippen molar-refractivity contribution in [2.75, 3.05) is 17.6 Å². The van der Waals surface area contributed by atoms with Crippen LogP contribution >= 0.6 is 11.6 Å². The van der Waals surface area contributed by atoms with Crippen molar-refractivity contribution >= 4 is 23.1 Å². The minimum absolute atomic E-state index is 0.551. The highest BCUT2D eigenvalue weighted by Gasteiger charge is 1.99. The summed E-state index contributed by atoms with van der Waals surface area (Å²) in [6.07, 6.45) is 3.64. The van der Waals surface area contributed by atoms with Gasteiger partial charge in [-0.1, -0.05) is 23.3 Å². The van der Waals surface area contributed by atoms with Gasteiger partial charge in [0.25, 0.3) is 0 Å². The predicted octanol–water partition coefficient (Wildman–Crippen LogP) is 2.70. The predicted molar refractivity (Wildman–Crippen MR) is 61.6 cm³/mol. The van der Waals surface area contributed by atoms with E-state index in [0.717, 1.165) is 6.54 Å². The van der Waals surface area contributed by atoms with Crippen LogP contribution in [-0.2, 0) is 0 Å². The molecule has 1 aromatic rings. The molecular weight excluding hydrogens is 198 g/mol. The Morgan fingerprint density at radius 1 is 1.64 bits per heavy atom. The first-order chi connectivity index (χ1) is 6.59. The Labute approximate surface area is 89.0 Å². The van der Waals surface area contributed by atoms with Crippen LogP contribution in [0.5, 0.6) is 0 Å². The van der Waals surface area contributed by atoms with Crippen LogP contribution in [0.15, 0.2) is 23.9 Å². The number of nitrogens with one attached hydrogen (secondary N) is 1. The van der Waals surface area contributed by atoms with Crippen LogP contribution in [-0.4, -0.2) is 11.5 Å². The molecule has 0 amide bonds. The molecule has 0 bridgehead atoms. The van der Waals surface area contributed by atoms with Gasteiger partial charge >= 0.3 is 0 Å². The number of pyridine rings is 1. The quantitative estimate of drug-likeness (QED) is 0.756. The molecule has 76 valence electrons. The topological polar surface area (TPSA) is 50.9 Å². The van der Waals surface area contributed by atoms with E-state index in [2.05, 4.69) is 16.4 Å². The number of hydrogen-bond donors (Lipinski definition) is 2.